The summed E-state index contributed by atoms with van der Waals surface area (Å²) in [6.07, 6.45) is 2.00. The zero-order chi connectivity index (χ0) is 13.9. The van der Waals surface area contributed by atoms with Gasteiger partial charge < -0.3 is 5.32 Å². The highest BCUT2D eigenvalue weighted by Gasteiger charge is 2.22. The van der Waals surface area contributed by atoms with Gasteiger partial charge in [0.05, 0.1) is 5.56 Å². The molecule has 1 aliphatic heterocycles. The molecule has 1 aliphatic rings. The maximum Gasteiger partial charge on any atom is 0.241 e. The number of rotatable bonds is 4. The first-order valence-electron chi connectivity index (χ1n) is 5.95. The standard InChI is InChI=1S/C12H14ClN3O2S/c13-10-4-3-9(7-14)12(6-10)19(17,18)16-8-11-2-1-5-15-11/h3-4,6,11,15-16H,1-2,5,8H2. The van der Waals surface area contributed by atoms with Crippen LogP contribution in [0.1, 0.15) is 18.4 Å². The fraction of sp³-hybridized carbons (Fsp3) is 0.417. The molecule has 2 rings (SSSR count). The Labute approximate surface area is 117 Å². The smallest absolute Gasteiger partial charge is 0.241 e. The van der Waals surface area contributed by atoms with Crippen LogP contribution in [0.15, 0.2) is 23.1 Å². The van der Waals surface area contributed by atoms with Crippen LogP contribution in [-0.4, -0.2) is 27.5 Å². The van der Waals surface area contributed by atoms with Crippen molar-refractivity contribution in [2.45, 2.75) is 23.8 Å². The monoisotopic (exact) mass is 299 g/mol. The van der Waals surface area contributed by atoms with Crippen molar-refractivity contribution in [1.82, 2.24) is 10.0 Å². The number of halogens is 1. The van der Waals surface area contributed by atoms with E-state index in [4.69, 9.17) is 16.9 Å². The van der Waals surface area contributed by atoms with Crippen LogP contribution in [0.5, 0.6) is 0 Å². The number of nitriles is 1. The van der Waals surface area contributed by atoms with Crippen molar-refractivity contribution in [2.75, 3.05) is 13.1 Å². The second kappa shape index (κ2) is 5.88. The molecule has 0 aromatic heterocycles. The lowest BCUT2D eigenvalue weighted by Gasteiger charge is -2.12. The van der Waals surface area contributed by atoms with Crippen molar-refractivity contribution >= 4 is 21.6 Å². The third-order valence-electron chi connectivity index (χ3n) is 3.04. The average molecular weight is 300 g/mol. The first-order chi connectivity index (χ1) is 9.03. The molecule has 19 heavy (non-hydrogen) atoms. The highest BCUT2D eigenvalue weighted by molar-refractivity contribution is 7.89. The predicted octanol–water partition coefficient (Wildman–Crippen LogP) is 1.24. The summed E-state index contributed by atoms with van der Waals surface area (Å²) < 4.78 is 26.9. The van der Waals surface area contributed by atoms with Crippen LogP contribution in [0.25, 0.3) is 0 Å². The van der Waals surface area contributed by atoms with Crippen LogP contribution in [0.4, 0.5) is 0 Å². The second-order valence-electron chi connectivity index (χ2n) is 4.40. The van der Waals surface area contributed by atoms with Crippen LogP contribution in [0, 0.1) is 11.3 Å². The van der Waals surface area contributed by atoms with Gasteiger partial charge >= 0.3 is 0 Å². The SMILES string of the molecule is N#Cc1ccc(Cl)cc1S(=O)(=O)NCC1CCCN1. The molecule has 5 nitrogen and oxygen atoms in total. The van der Waals surface area contributed by atoms with Gasteiger partial charge in [-0.25, -0.2) is 13.1 Å². The minimum atomic E-state index is -3.71. The maximum absolute atomic E-state index is 12.2. The van der Waals surface area contributed by atoms with Gasteiger partial charge in [-0.05, 0) is 37.6 Å². The Morgan fingerprint density at radius 1 is 1.53 bits per heavy atom. The Hall–Kier alpha value is -1.13. The van der Waals surface area contributed by atoms with Crippen molar-refractivity contribution in [3.63, 3.8) is 0 Å². The largest absolute Gasteiger partial charge is 0.313 e. The summed E-state index contributed by atoms with van der Waals surface area (Å²) in [5.74, 6) is 0. The highest BCUT2D eigenvalue weighted by Crippen LogP contribution is 2.20. The zero-order valence-electron chi connectivity index (χ0n) is 10.2. The molecule has 1 aromatic carbocycles. The Morgan fingerprint density at radius 3 is 2.95 bits per heavy atom. The topological polar surface area (TPSA) is 82.0 Å². The molecule has 1 unspecified atom stereocenters. The molecule has 7 heteroatoms. The van der Waals surface area contributed by atoms with Crippen LogP contribution >= 0.6 is 11.6 Å². The molecule has 2 N–H and O–H groups in total. The number of hydrogen-bond donors (Lipinski definition) is 2. The maximum atomic E-state index is 12.2. The van der Waals surface area contributed by atoms with Gasteiger partial charge in [-0.1, -0.05) is 11.6 Å². The number of benzene rings is 1. The highest BCUT2D eigenvalue weighted by atomic mass is 35.5. The van der Waals surface area contributed by atoms with E-state index in [2.05, 4.69) is 10.0 Å². The van der Waals surface area contributed by atoms with E-state index in [-0.39, 0.29) is 16.5 Å². The fourth-order valence-electron chi connectivity index (χ4n) is 2.03. The van der Waals surface area contributed by atoms with E-state index in [1.807, 2.05) is 6.07 Å². The lowest BCUT2D eigenvalue weighted by molar-refractivity contribution is 0.551. The second-order valence-corrected chi connectivity index (χ2v) is 6.57. The molecule has 0 amide bonds. The normalized spacial score (nSPS) is 19.3. The first kappa shape index (κ1) is 14.3. The minimum Gasteiger partial charge on any atom is -0.313 e. The Morgan fingerprint density at radius 2 is 2.32 bits per heavy atom. The summed E-state index contributed by atoms with van der Waals surface area (Å²) in [5.41, 5.74) is 0.0938. The quantitative estimate of drug-likeness (QED) is 0.876. The predicted molar refractivity (Wildman–Crippen MR) is 72.4 cm³/mol. The van der Waals surface area contributed by atoms with Crippen molar-refractivity contribution in [3.8, 4) is 6.07 Å². The van der Waals surface area contributed by atoms with E-state index >= 15 is 0 Å². The van der Waals surface area contributed by atoms with Crippen molar-refractivity contribution < 1.29 is 8.42 Å². The number of hydrogen-bond acceptors (Lipinski definition) is 4. The summed E-state index contributed by atoms with van der Waals surface area (Å²) in [6, 6.07) is 6.22. The van der Waals surface area contributed by atoms with Gasteiger partial charge in [-0.2, -0.15) is 5.26 Å². The lowest BCUT2D eigenvalue weighted by Crippen LogP contribution is -2.37. The van der Waals surface area contributed by atoms with Gasteiger partial charge in [0, 0.05) is 17.6 Å². The Bertz CT molecular complexity index is 604. The van der Waals surface area contributed by atoms with Gasteiger partial charge in [0.15, 0.2) is 0 Å². The molecule has 0 radical (unpaired) electrons. The van der Waals surface area contributed by atoms with Crippen molar-refractivity contribution in [1.29, 1.82) is 5.26 Å². The van der Waals surface area contributed by atoms with Crippen molar-refractivity contribution in [2.24, 2.45) is 0 Å². The molecule has 1 saturated heterocycles. The van der Waals surface area contributed by atoms with Gasteiger partial charge in [-0.3, -0.25) is 0 Å². The van der Waals surface area contributed by atoms with E-state index in [0.717, 1.165) is 19.4 Å². The Kier molecular flexibility index (Phi) is 4.42. The van der Waals surface area contributed by atoms with E-state index < -0.39 is 10.0 Å². The van der Waals surface area contributed by atoms with Gasteiger partial charge in [0.2, 0.25) is 10.0 Å². The molecule has 102 valence electrons. The van der Waals surface area contributed by atoms with E-state index in [1.165, 1.54) is 18.2 Å². The summed E-state index contributed by atoms with van der Waals surface area (Å²) >= 11 is 5.79. The molecular weight excluding hydrogens is 286 g/mol. The van der Waals surface area contributed by atoms with Gasteiger partial charge in [0.25, 0.3) is 0 Å². The number of nitrogens with one attached hydrogen (secondary N) is 2. The minimum absolute atomic E-state index is 0.0690. The first-order valence-corrected chi connectivity index (χ1v) is 7.82. The fourth-order valence-corrected chi connectivity index (χ4v) is 3.53. The summed E-state index contributed by atoms with van der Waals surface area (Å²) in [4.78, 5) is -0.0690. The van der Waals surface area contributed by atoms with E-state index in [9.17, 15) is 8.42 Å². The molecule has 0 bridgehead atoms. The van der Waals surface area contributed by atoms with Crippen molar-refractivity contribution in [3.05, 3.63) is 28.8 Å². The molecule has 1 aromatic rings. The van der Waals surface area contributed by atoms with E-state index in [0.29, 0.717) is 11.6 Å². The van der Waals surface area contributed by atoms with Crippen LogP contribution in [0.3, 0.4) is 0 Å². The number of nitrogens with zero attached hydrogens (tertiary/aromatic N) is 1. The van der Waals surface area contributed by atoms with Crippen LogP contribution in [0.2, 0.25) is 5.02 Å². The molecular formula is C12H14ClN3O2S. The molecule has 0 aliphatic carbocycles. The lowest BCUT2D eigenvalue weighted by atomic mass is 10.2. The molecule has 1 fully saturated rings. The molecule has 0 saturated carbocycles. The molecule has 1 heterocycles. The molecule has 0 spiro atoms. The summed E-state index contributed by atoms with van der Waals surface area (Å²) in [5, 5.41) is 12.4. The van der Waals surface area contributed by atoms with Gasteiger partial charge in [0.1, 0.15) is 11.0 Å². The van der Waals surface area contributed by atoms with Gasteiger partial charge in [-0.15, -0.1) is 0 Å². The van der Waals surface area contributed by atoms with Crippen LogP contribution in [-0.2, 0) is 10.0 Å². The third-order valence-corrected chi connectivity index (χ3v) is 4.73. The van der Waals surface area contributed by atoms with E-state index in [1.54, 1.807) is 0 Å². The zero-order valence-corrected chi connectivity index (χ0v) is 11.8. The number of sulfonamides is 1. The van der Waals surface area contributed by atoms with Crippen LogP contribution < -0.4 is 10.0 Å². The summed E-state index contributed by atoms with van der Waals surface area (Å²) in [7, 11) is -3.71. The average Bonchev–Trinajstić information content (AvgIpc) is 2.89. The third kappa shape index (κ3) is 3.45. The summed E-state index contributed by atoms with van der Waals surface area (Å²) in [6.45, 7) is 1.23. The molecule has 1 atom stereocenters. The Balaban J connectivity index is 2.19.